The van der Waals surface area contributed by atoms with Gasteiger partial charge in [-0.2, -0.15) is 0 Å². The van der Waals surface area contributed by atoms with E-state index in [0.717, 1.165) is 44.8 Å². The van der Waals surface area contributed by atoms with E-state index in [2.05, 4.69) is 174 Å². The first-order valence-corrected chi connectivity index (χ1v) is 17.4. The minimum absolute atomic E-state index is 0.436. The molecule has 0 saturated carbocycles. The van der Waals surface area contributed by atoms with Crippen LogP contribution in [0.1, 0.15) is 22.9 Å². The van der Waals surface area contributed by atoms with Crippen LogP contribution in [0, 0.1) is 0 Å². The summed E-state index contributed by atoms with van der Waals surface area (Å²) in [6.07, 6.45) is -0.436. The molecular formula is C47H32N4. The number of para-hydroxylation sites is 2. The van der Waals surface area contributed by atoms with Gasteiger partial charge in [0, 0.05) is 32.8 Å². The van der Waals surface area contributed by atoms with Crippen LogP contribution in [0.2, 0.25) is 0 Å². The van der Waals surface area contributed by atoms with Crippen molar-refractivity contribution in [2.75, 3.05) is 0 Å². The summed E-state index contributed by atoms with van der Waals surface area (Å²) < 4.78 is 2.39. The Hall–Kier alpha value is -6.78. The molecule has 4 heteroatoms. The maximum absolute atomic E-state index is 5.30. The molecule has 4 nitrogen and oxygen atoms in total. The first kappa shape index (κ1) is 29.2. The predicted molar refractivity (Wildman–Crippen MR) is 213 cm³/mol. The van der Waals surface area contributed by atoms with E-state index >= 15 is 0 Å². The van der Waals surface area contributed by atoms with E-state index in [1.54, 1.807) is 0 Å². The van der Waals surface area contributed by atoms with Crippen LogP contribution in [0.3, 0.4) is 0 Å². The number of nitrogens with zero attached hydrogens (tertiary/aromatic N) is 3. The van der Waals surface area contributed by atoms with Gasteiger partial charge < -0.3 is 9.88 Å². The van der Waals surface area contributed by atoms with Gasteiger partial charge in [0.2, 0.25) is 0 Å². The number of aromatic nitrogens is 1. The predicted octanol–water partition coefficient (Wildman–Crippen LogP) is 11.3. The maximum atomic E-state index is 5.30. The normalized spacial score (nSPS) is 14.5. The van der Waals surface area contributed by atoms with Crippen molar-refractivity contribution in [2.24, 2.45) is 9.98 Å². The molecule has 1 atom stereocenters. The Morgan fingerprint density at radius 2 is 0.941 bits per heavy atom. The van der Waals surface area contributed by atoms with Crippen molar-refractivity contribution in [3.63, 3.8) is 0 Å². The van der Waals surface area contributed by atoms with Crippen LogP contribution in [0.5, 0.6) is 0 Å². The fourth-order valence-corrected chi connectivity index (χ4v) is 7.59. The summed E-state index contributed by atoms with van der Waals surface area (Å²) in [7, 11) is 0. The third kappa shape index (κ3) is 5.00. The van der Waals surface area contributed by atoms with Crippen molar-refractivity contribution < 1.29 is 0 Å². The Morgan fingerprint density at radius 1 is 0.392 bits per heavy atom. The topological polar surface area (TPSA) is 41.7 Å². The molecule has 10 rings (SSSR count). The van der Waals surface area contributed by atoms with Gasteiger partial charge in [-0.3, -0.25) is 0 Å². The number of rotatable bonds is 5. The molecule has 2 heterocycles. The van der Waals surface area contributed by atoms with Gasteiger partial charge in [-0.25, -0.2) is 9.98 Å². The Labute approximate surface area is 295 Å². The lowest BCUT2D eigenvalue weighted by Crippen LogP contribution is -2.36. The molecule has 1 N–H and O–H groups in total. The van der Waals surface area contributed by atoms with E-state index in [4.69, 9.17) is 9.98 Å². The number of fused-ring (bicyclic) bond motifs is 5. The number of nitrogens with one attached hydrogen (secondary N) is 1. The Bertz CT molecular complexity index is 2770. The molecule has 240 valence electrons. The zero-order valence-electron chi connectivity index (χ0n) is 27.7. The molecule has 51 heavy (non-hydrogen) atoms. The van der Waals surface area contributed by atoms with Crippen LogP contribution in [-0.2, 0) is 0 Å². The van der Waals surface area contributed by atoms with E-state index in [-0.39, 0.29) is 0 Å². The highest BCUT2D eigenvalue weighted by Gasteiger charge is 2.23. The van der Waals surface area contributed by atoms with E-state index in [1.165, 1.54) is 43.7 Å². The SMILES string of the molecule is c1ccc(C2=NC(c3cccc4c(-n5c6ccccc6c6ccccc65)cccc34)N=C(c3ccc(-c4ccc5ccccc5c4)cc3)N2)cc1. The summed E-state index contributed by atoms with van der Waals surface area (Å²) in [5, 5.41) is 10.9. The van der Waals surface area contributed by atoms with Gasteiger partial charge in [0.1, 0.15) is 11.7 Å². The third-order valence-electron chi connectivity index (χ3n) is 10.1. The molecule has 8 aromatic carbocycles. The second-order valence-corrected chi connectivity index (χ2v) is 13.0. The number of hydrogen-bond acceptors (Lipinski definition) is 3. The van der Waals surface area contributed by atoms with Crippen molar-refractivity contribution in [1.82, 2.24) is 9.88 Å². The molecule has 0 bridgehead atoms. The first-order valence-electron chi connectivity index (χ1n) is 17.4. The number of aliphatic imine (C=N–C) groups is 2. The van der Waals surface area contributed by atoms with Crippen molar-refractivity contribution >= 4 is 55.0 Å². The van der Waals surface area contributed by atoms with Gasteiger partial charge in [-0.1, -0.05) is 158 Å². The monoisotopic (exact) mass is 652 g/mol. The lowest BCUT2D eigenvalue weighted by Gasteiger charge is -2.23. The van der Waals surface area contributed by atoms with Gasteiger partial charge >= 0.3 is 0 Å². The number of benzene rings is 8. The van der Waals surface area contributed by atoms with Gasteiger partial charge in [0.25, 0.3) is 0 Å². The molecule has 1 aromatic heterocycles. The molecule has 0 spiro atoms. The van der Waals surface area contributed by atoms with Gasteiger partial charge in [0.15, 0.2) is 6.17 Å². The van der Waals surface area contributed by atoms with E-state index in [9.17, 15) is 0 Å². The fraction of sp³-hybridized carbons (Fsp3) is 0.0213. The molecule has 9 aromatic rings. The largest absolute Gasteiger partial charge is 0.324 e. The van der Waals surface area contributed by atoms with Crippen molar-refractivity contribution in [2.45, 2.75) is 6.17 Å². The molecule has 1 unspecified atom stereocenters. The molecule has 0 saturated heterocycles. The van der Waals surface area contributed by atoms with Crippen LogP contribution >= 0.6 is 0 Å². The highest BCUT2D eigenvalue weighted by Crippen LogP contribution is 2.37. The lowest BCUT2D eigenvalue weighted by atomic mass is 9.99. The average Bonchev–Trinajstić information content (AvgIpc) is 3.54. The van der Waals surface area contributed by atoms with Gasteiger partial charge in [-0.05, 0) is 51.6 Å². The maximum Gasteiger partial charge on any atom is 0.170 e. The number of hydrogen-bond donors (Lipinski definition) is 1. The molecule has 1 aliphatic rings. The summed E-state index contributed by atoms with van der Waals surface area (Å²) in [6, 6.07) is 64.6. The van der Waals surface area contributed by atoms with Crippen LogP contribution < -0.4 is 5.32 Å². The minimum atomic E-state index is -0.436. The lowest BCUT2D eigenvalue weighted by molar-refractivity contribution is 0.762. The zero-order valence-corrected chi connectivity index (χ0v) is 27.7. The second kappa shape index (κ2) is 12.0. The molecule has 0 amide bonds. The summed E-state index contributed by atoms with van der Waals surface area (Å²) in [6.45, 7) is 0. The molecular weight excluding hydrogens is 621 g/mol. The van der Waals surface area contributed by atoms with Crippen LogP contribution in [0.4, 0.5) is 0 Å². The highest BCUT2D eigenvalue weighted by molar-refractivity contribution is 6.16. The summed E-state index contributed by atoms with van der Waals surface area (Å²) in [5.41, 5.74) is 8.98. The van der Waals surface area contributed by atoms with Crippen molar-refractivity contribution in [3.05, 3.63) is 199 Å². The standard InChI is InChI=1S/C47H32N4/c1-2-13-33(14-3-1)45-48-46(34-27-24-32(25-28-34)36-29-26-31-12-4-5-15-35(31)30-36)50-47(49-45)41-20-10-19-38-37(41)18-11-23-44(38)51-42-21-8-6-16-39(42)40-17-7-9-22-43(40)51/h1-30,47H,(H,48,49,50). The molecule has 1 aliphatic heterocycles. The van der Waals surface area contributed by atoms with E-state index < -0.39 is 6.17 Å². The second-order valence-electron chi connectivity index (χ2n) is 13.0. The molecule has 0 fully saturated rings. The highest BCUT2D eigenvalue weighted by atomic mass is 15.2. The Morgan fingerprint density at radius 3 is 1.69 bits per heavy atom. The van der Waals surface area contributed by atoms with Crippen molar-refractivity contribution in [1.29, 1.82) is 0 Å². The summed E-state index contributed by atoms with van der Waals surface area (Å²) in [4.78, 5) is 10.5. The molecule has 0 aliphatic carbocycles. The third-order valence-corrected chi connectivity index (χ3v) is 10.1. The average molecular weight is 653 g/mol. The molecule has 0 radical (unpaired) electrons. The quantitative estimate of drug-likeness (QED) is 0.197. The van der Waals surface area contributed by atoms with Gasteiger partial charge in [-0.15, -0.1) is 0 Å². The van der Waals surface area contributed by atoms with Crippen LogP contribution in [-0.4, -0.2) is 16.2 Å². The van der Waals surface area contributed by atoms with Crippen LogP contribution in [0.15, 0.2) is 192 Å². The smallest absolute Gasteiger partial charge is 0.170 e. The number of amidine groups is 2. The summed E-state index contributed by atoms with van der Waals surface area (Å²) in [5.74, 6) is 1.61. The van der Waals surface area contributed by atoms with Crippen LogP contribution in [0.25, 0.3) is 60.2 Å². The minimum Gasteiger partial charge on any atom is -0.324 e. The Balaban J connectivity index is 1.10. The van der Waals surface area contributed by atoms with E-state index in [0.29, 0.717) is 0 Å². The first-order chi connectivity index (χ1) is 25.3. The van der Waals surface area contributed by atoms with E-state index in [1.807, 2.05) is 18.2 Å². The summed E-state index contributed by atoms with van der Waals surface area (Å²) >= 11 is 0. The van der Waals surface area contributed by atoms with Crippen molar-refractivity contribution in [3.8, 4) is 16.8 Å². The Kier molecular flexibility index (Phi) is 6.85. The fourth-order valence-electron chi connectivity index (χ4n) is 7.59. The van der Waals surface area contributed by atoms with Gasteiger partial charge in [0.05, 0.1) is 16.7 Å². The zero-order chi connectivity index (χ0) is 33.7.